The molecule has 0 aromatic heterocycles. The molecule has 0 aromatic rings. The van der Waals surface area contributed by atoms with Gasteiger partial charge in [-0.3, -0.25) is 4.79 Å². The summed E-state index contributed by atoms with van der Waals surface area (Å²) in [5, 5.41) is 75.5. The normalized spacial score (nSPS) is 57.4. The maximum Gasteiger partial charge on any atom is 0.315 e. The average Bonchev–Trinajstić information content (AvgIpc) is 3.02. The molecule has 7 N–H and O–H groups in total. The van der Waals surface area contributed by atoms with Crippen LogP contribution in [0.25, 0.3) is 0 Å². The van der Waals surface area contributed by atoms with E-state index in [-0.39, 0.29) is 23.2 Å². The van der Waals surface area contributed by atoms with Gasteiger partial charge in [0.15, 0.2) is 0 Å². The number of ether oxygens (including phenoxy) is 2. The molecule has 6 aliphatic rings. The van der Waals surface area contributed by atoms with Crippen molar-refractivity contribution in [1.29, 1.82) is 0 Å². The molecule has 5 fully saturated rings. The molecule has 17 atom stereocenters. The first kappa shape index (κ1) is 35.4. The van der Waals surface area contributed by atoms with E-state index >= 15 is 0 Å². The summed E-state index contributed by atoms with van der Waals surface area (Å²) >= 11 is 0. The third kappa shape index (κ3) is 4.52. The highest BCUT2D eigenvalue weighted by atomic mass is 16.7. The Kier molecular flexibility index (Phi) is 8.50. The van der Waals surface area contributed by atoms with E-state index in [0.29, 0.717) is 44.9 Å². The number of esters is 1. The van der Waals surface area contributed by atoms with Gasteiger partial charge in [0.25, 0.3) is 0 Å². The topological polar surface area (TPSA) is 194 Å². The predicted octanol–water partition coefficient (Wildman–Crippen LogP) is 1.61. The van der Waals surface area contributed by atoms with Crippen molar-refractivity contribution in [3.63, 3.8) is 0 Å². The summed E-state index contributed by atoms with van der Waals surface area (Å²) in [7, 11) is 0. The Morgan fingerprint density at radius 2 is 1.64 bits per heavy atom. The van der Waals surface area contributed by atoms with Crippen LogP contribution in [0.15, 0.2) is 11.6 Å². The zero-order valence-corrected chi connectivity index (χ0v) is 28.6. The second kappa shape index (κ2) is 11.3. The number of aldehydes is 1. The fourth-order valence-electron chi connectivity index (χ4n) is 12.2. The lowest BCUT2D eigenvalue weighted by Gasteiger charge is -2.71. The minimum atomic E-state index is -1.73. The van der Waals surface area contributed by atoms with Crippen LogP contribution in [-0.2, 0) is 19.1 Å². The van der Waals surface area contributed by atoms with Crippen LogP contribution in [0.4, 0.5) is 0 Å². The second-order valence-electron chi connectivity index (χ2n) is 17.4. The molecule has 11 heteroatoms. The number of fused-ring (bicyclic) bond motifs is 7. The predicted molar refractivity (Wildman–Crippen MR) is 168 cm³/mol. The van der Waals surface area contributed by atoms with Crippen molar-refractivity contribution in [2.24, 2.45) is 50.7 Å². The molecule has 6 rings (SSSR count). The molecule has 4 saturated carbocycles. The van der Waals surface area contributed by atoms with Gasteiger partial charge in [0, 0.05) is 5.92 Å². The fraction of sp³-hybridized carbons (Fsp3) is 0.889. The lowest BCUT2D eigenvalue weighted by molar-refractivity contribution is -0.299. The van der Waals surface area contributed by atoms with Gasteiger partial charge in [0.2, 0.25) is 6.29 Å². The first-order valence-electron chi connectivity index (χ1n) is 17.6. The van der Waals surface area contributed by atoms with Crippen LogP contribution in [0.2, 0.25) is 0 Å². The minimum Gasteiger partial charge on any atom is -0.432 e. The van der Waals surface area contributed by atoms with Crippen molar-refractivity contribution in [3.05, 3.63) is 11.6 Å². The Balaban J connectivity index is 1.40. The van der Waals surface area contributed by atoms with E-state index in [1.54, 1.807) is 13.8 Å². The lowest BCUT2D eigenvalue weighted by atomic mass is 9.33. The third-order valence-corrected chi connectivity index (χ3v) is 15.5. The Labute approximate surface area is 277 Å². The second-order valence-corrected chi connectivity index (χ2v) is 17.4. The summed E-state index contributed by atoms with van der Waals surface area (Å²) in [6.45, 7) is 11.6. The number of aliphatic hydroxyl groups is 7. The highest BCUT2D eigenvalue weighted by Crippen LogP contribution is 2.76. The maximum absolute atomic E-state index is 14.5. The molecular formula is C36H56O11. The zero-order valence-electron chi connectivity index (χ0n) is 28.6. The number of carbonyl (C=O) groups excluding carboxylic acids is 2. The van der Waals surface area contributed by atoms with Crippen molar-refractivity contribution in [2.45, 2.75) is 141 Å². The number of allylic oxidation sites excluding steroid dienone is 1. The molecular weight excluding hydrogens is 608 g/mol. The molecule has 1 aliphatic heterocycles. The van der Waals surface area contributed by atoms with E-state index in [1.165, 1.54) is 0 Å². The maximum atomic E-state index is 14.5. The number of hydrogen-bond acceptors (Lipinski definition) is 11. The molecule has 0 radical (unpaired) electrons. The summed E-state index contributed by atoms with van der Waals surface area (Å²) in [5.41, 5.74) is -3.68. The lowest BCUT2D eigenvalue weighted by Crippen LogP contribution is -2.69. The quantitative estimate of drug-likeness (QED) is 0.131. The van der Waals surface area contributed by atoms with Crippen LogP contribution in [-0.4, -0.2) is 103 Å². The third-order valence-electron chi connectivity index (χ3n) is 15.5. The van der Waals surface area contributed by atoms with E-state index < -0.39 is 88.7 Å². The average molecular weight is 665 g/mol. The van der Waals surface area contributed by atoms with Gasteiger partial charge in [-0.2, -0.15) is 0 Å². The molecule has 47 heavy (non-hydrogen) atoms. The zero-order chi connectivity index (χ0) is 34.7. The van der Waals surface area contributed by atoms with Crippen LogP contribution < -0.4 is 0 Å². The fourth-order valence-corrected chi connectivity index (χ4v) is 12.2. The van der Waals surface area contributed by atoms with Gasteiger partial charge < -0.3 is 50.0 Å². The first-order valence-corrected chi connectivity index (χ1v) is 17.6. The SMILES string of the molecule is C[C@@H]1CC[C@]2(C(=O)O[C@@H]3O[C@H](CO)[C@@H](O)[C@H](O)[C@H]3O)CC[C@]3(C)C(=CC[C@@H]4[C@@]5(C)C[C@@H](O)[C@@H](O)[C@@](C)(C=O)[C@@H]5CC[C@]43C)[C@@H]2[C@]1(C)O. The van der Waals surface area contributed by atoms with Gasteiger partial charge in [-0.1, -0.05) is 46.3 Å². The number of rotatable bonds is 4. The Hall–Kier alpha value is -1.44. The summed E-state index contributed by atoms with van der Waals surface area (Å²) in [4.78, 5) is 27.0. The first-order chi connectivity index (χ1) is 21.8. The Morgan fingerprint density at radius 3 is 2.28 bits per heavy atom. The summed E-state index contributed by atoms with van der Waals surface area (Å²) in [6, 6.07) is 0. The van der Waals surface area contributed by atoms with Gasteiger partial charge >= 0.3 is 5.97 Å². The van der Waals surface area contributed by atoms with Crippen molar-refractivity contribution in [1.82, 2.24) is 0 Å². The van der Waals surface area contributed by atoms with Gasteiger partial charge in [-0.25, -0.2) is 0 Å². The molecule has 1 heterocycles. The molecule has 11 nitrogen and oxygen atoms in total. The smallest absolute Gasteiger partial charge is 0.315 e. The minimum absolute atomic E-state index is 0.0726. The van der Waals surface area contributed by atoms with Crippen LogP contribution in [0, 0.1) is 50.7 Å². The number of carbonyl (C=O) groups is 2. The van der Waals surface area contributed by atoms with E-state index in [9.17, 15) is 45.3 Å². The standard InChI is InChI=1S/C36H56O11/c1-18-9-12-36(30(44)47-29-26(42)25(41)24(40)21(16-37)46-29)14-13-33(4)19(27(36)35(18,6)45)7-8-23-31(2)15-20(39)28(43)32(3,17-38)22(31)10-11-34(23,33)5/h7,17-18,20-29,37,39-43,45H,8-16H2,1-6H3/t18-,20-,21-,22-,23-,24-,25+,26-,27-,28-,29+,31+,32+,33-,34-,35-,36+/m1/s1. The molecule has 1 saturated heterocycles. The van der Waals surface area contributed by atoms with Crippen LogP contribution in [0.5, 0.6) is 0 Å². The van der Waals surface area contributed by atoms with E-state index in [2.05, 4.69) is 26.8 Å². The largest absolute Gasteiger partial charge is 0.432 e. The number of hydrogen-bond donors (Lipinski definition) is 7. The van der Waals surface area contributed by atoms with E-state index in [0.717, 1.165) is 18.3 Å². The van der Waals surface area contributed by atoms with Crippen molar-refractivity contribution < 1.29 is 54.8 Å². The summed E-state index contributed by atoms with van der Waals surface area (Å²) < 4.78 is 11.4. The molecule has 0 spiro atoms. The van der Waals surface area contributed by atoms with Crippen molar-refractivity contribution in [2.75, 3.05) is 6.61 Å². The summed E-state index contributed by atoms with van der Waals surface area (Å²) in [5.74, 6) is -1.43. The Bertz CT molecular complexity index is 1300. The molecule has 0 unspecified atom stereocenters. The van der Waals surface area contributed by atoms with E-state index in [1.807, 2.05) is 6.92 Å². The van der Waals surface area contributed by atoms with Gasteiger partial charge in [0.1, 0.15) is 30.7 Å². The Morgan fingerprint density at radius 1 is 0.957 bits per heavy atom. The van der Waals surface area contributed by atoms with Gasteiger partial charge in [-0.05, 0) is 92.3 Å². The van der Waals surface area contributed by atoms with Crippen LogP contribution >= 0.6 is 0 Å². The number of aliphatic hydroxyl groups excluding tert-OH is 6. The highest BCUT2D eigenvalue weighted by molar-refractivity contribution is 5.79. The monoisotopic (exact) mass is 664 g/mol. The summed E-state index contributed by atoms with van der Waals surface area (Å²) in [6.07, 6.45) is -2.41. The van der Waals surface area contributed by atoms with Crippen LogP contribution in [0.3, 0.4) is 0 Å². The van der Waals surface area contributed by atoms with Crippen molar-refractivity contribution in [3.8, 4) is 0 Å². The highest BCUT2D eigenvalue weighted by Gasteiger charge is 2.72. The molecule has 0 aromatic carbocycles. The van der Waals surface area contributed by atoms with Gasteiger partial charge in [0.05, 0.1) is 35.2 Å². The van der Waals surface area contributed by atoms with E-state index in [4.69, 9.17) is 9.47 Å². The molecule has 266 valence electrons. The van der Waals surface area contributed by atoms with Crippen molar-refractivity contribution >= 4 is 12.3 Å². The molecule has 5 aliphatic carbocycles. The van der Waals surface area contributed by atoms with Gasteiger partial charge in [-0.15, -0.1) is 0 Å². The molecule has 0 bridgehead atoms. The van der Waals surface area contributed by atoms with Crippen LogP contribution in [0.1, 0.15) is 92.9 Å². The molecule has 0 amide bonds.